The van der Waals surface area contributed by atoms with E-state index < -0.39 is 0 Å². The molecule has 0 aliphatic carbocycles. The lowest BCUT2D eigenvalue weighted by Gasteiger charge is -2.13. The van der Waals surface area contributed by atoms with Crippen LogP contribution in [-0.4, -0.2) is 24.7 Å². The molecular weight excluding hydrogens is 287 g/mol. The van der Waals surface area contributed by atoms with Crippen molar-refractivity contribution in [1.29, 1.82) is 0 Å². The number of carbonyl (C=O) groups excluding carboxylic acids is 1. The minimum Gasteiger partial charge on any atom is -0.381 e. The zero-order chi connectivity index (χ0) is 13.4. The molecule has 1 unspecified atom stereocenters. The maximum absolute atomic E-state index is 12.7. The summed E-state index contributed by atoms with van der Waals surface area (Å²) in [5, 5.41) is 0. The number of rotatable bonds is 8. The second kappa shape index (κ2) is 14.1. The summed E-state index contributed by atoms with van der Waals surface area (Å²) >= 11 is 1.77. The summed E-state index contributed by atoms with van der Waals surface area (Å²) in [5.74, 6) is 1.75. The summed E-state index contributed by atoms with van der Waals surface area (Å²) in [6.45, 7) is 1.58. The Bertz CT molecular complexity index is 366. The van der Waals surface area contributed by atoms with Gasteiger partial charge in [0, 0.05) is 19.3 Å². The molecular formula is C17H31FO2S. The molecule has 1 aromatic carbocycles. The summed E-state index contributed by atoms with van der Waals surface area (Å²) in [5.41, 5.74) is 1.11. The first kappa shape index (κ1) is 25.1. The minimum atomic E-state index is -0.204. The van der Waals surface area contributed by atoms with Gasteiger partial charge in [0.25, 0.3) is 0 Å². The van der Waals surface area contributed by atoms with E-state index in [1.54, 1.807) is 37.9 Å². The molecule has 0 saturated carbocycles. The van der Waals surface area contributed by atoms with Crippen LogP contribution in [0.15, 0.2) is 24.3 Å². The van der Waals surface area contributed by atoms with Gasteiger partial charge < -0.3 is 4.74 Å². The number of benzene rings is 1. The lowest BCUT2D eigenvalue weighted by molar-refractivity contribution is -0.119. The van der Waals surface area contributed by atoms with E-state index in [-0.39, 0.29) is 40.0 Å². The summed E-state index contributed by atoms with van der Waals surface area (Å²) in [6, 6.07) is 6.55. The molecule has 1 aromatic rings. The number of ether oxygens (including phenoxy) is 1. The van der Waals surface area contributed by atoms with Crippen molar-refractivity contribution in [2.45, 2.75) is 53.9 Å². The van der Waals surface area contributed by atoms with Crippen molar-refractivity contribution in [1.82, 2.24) is 0 Å². The molecule has 0 heterocycles. The van der Waals surface area contributed by atoms with E-state index in [2.05, 4.69) is 0 Å². The van der Waals surface area contributed by atoms with Crippen LogP contribution in [0.2, 0.25) is 0 Å². The van der Waals surface area contributed by atoms with Crippen LogP contribution in [0.5, 0.6) is 0 Å². The number of thioether (sulfide) groups is 1. The van der Waals surface area contributed by atoms with Gasteiger partial charge in [-0.15, -0.1) is 0 Å². The lowest BCUT2D eigenvalue weighted by Crippen LogP contribution is -2.15. The van der Waals surface area contributed by atoms with Gasteiger partial charge in [-0.05, 0) is 36.8 Å². The maximum atomic E-state index is 12.7. The van der Waals surface area contributed by atoms with Crippen molar-refractivity contribution in [2.75, 3.05) is 12.9 Å². The molecule has 0 spiro atoms. The molecule has 0 N–H and O–H groups in total. The fourth-order valence-electron chi connectivity index (χ4n) is 1.61. The molecule has 1 rings (SSSR count). The van der Waals surface area contributed by atoms with Crippen LogP contribution in [0.1, 0.15) is 47.6 Å². The smallest absolute Gasteiger partial charge is 0.132 e. The highest BCUT2D eigenvalue weighted by Gasteiger charge is 2.09. The van der Waals surface area contributed by atoms with E-state index in [1.165, 1.54) is 12.1 Å². The van der Waals surface area contributed by atoms with Crippen LogP contribution in [0.3, 0.4) is 0 Å². The molecule has 0 bridgehead atoms. The van der Waals surface area contributed by atoms with Crippen molar-refractivity contribution < 1.29 is 13.9 Å². The molecule has 0 aromatic heterocycles. The van der Waals surface area contributed by atoms with Gasteiger partial charge in [0.05, 0.1) is 6.10 Å². The minimum absolute atomic E-state index is 0. The van der Waals surface area contributed by atoms with E-state index in [1.807, 2.05) is 0 Å². The molecule has 0 saturated heterocycles. The summed E-state index contributed by atoms with van der Waals surface area (Å²) in [7, 11) is 1.64. The Kier molecular flexibility index (Phi) is 16.8. The number of hydrogen-bond acceptors (Lipinski definition) is 3. The van der Waals surface area contributed by atoms with Crippen LogP contribution in [-0.2, 0) is 15.3 Å². The summed E-state index contributed by atoms with van der Waals surface area (Å²) < 4.78 is 17.9. The third-order valence-corrected chi connectivity index (χ3v) is 3.68. The molecule has 0 fully saturated rings. The van der Waals surface area contributed by atoms with Crippen molar-refractivity contribution >= 4 is 17.5 Å². The molecule has 0 amide bonds. The number of carbonyl (C=O) groups is 1. The normalized spacial score (nSPS) is 10.6. The fourth-order valence-corrected chi connectivity index (χ4v) is 2.61. The second-order valence-electron chi connectivity index (χ2n) is 4.23. The third kappa shape index (κ3) is 11.5. The monoisotopic (exact) mass is 318 g/mol. The van der Waals surface area contributed by atoms with E-state index in [9.17, 15) is 9.18 Å². The highest BCUT2D eigenvalue weighted by atomic mass is 32.2. The Morgan fingerprint density at radius 3 is 2.29 bits per heavy atom. The zero-order valence-electron chi connectivity index (χ0n) is 10.8. The van der Waals surface area contributed by atoms with Gasteiger partial charge in [0.15, 0.2) is 0 Å². The fraction of sp³-hybridized carbons (Fsp3) is 0.588. The summed E-state index contributed by atoms with van der Waals surface area (Å²) in [4.78, 5) is 11.0. The molecule has 124 valence electrons. The van der Waals surface area contributed by atoms with Crippen molar-refractivity contribution in [3.63, 3.8) is 0 Å². The predicted octanol–water partition coefficient (Wildman–Crippen LogP) is 5.35. The Labute approximate surface area is 134 Å². The first-order valence-electron chi connectivity index (χ1n) is 5.96. The highest BCUT2D eigenvalue weighted by Crippen LogP contribution is 2.16. The van der Waals surface area contributed by atoms with Gasteiger partial charge in [0.1, 0.15) is 11.6 Å². The van der Waals surface area contributed by atoms with E-state index in [0.29, 0.717) is 6.42 Å². The first-order chi connectivity index (χ1) is 8.61. The maximum Gasteiger partial charge on any atom is 0.132 e. The van der Waals surface area contributed by atoms with Crippen LogP contribution in [0.25, 0.3) is 0 Å². The topological polar surface area (TPSA) is 26.3 Å². The van der Waals surface area contributed by atoms with Crippen LogP contribution in [0, 0.1) is 5.82 Å². The van der Waals surface area contributed by atoms with Gasteiger partial charge >= 0.3 is 0 Å². The van der Waals surface area contributed by atoms with Gasteiger partial charge in [0.2, 0.25) is 0 Å². The number of hydrogen-bond donors (Lipinski definition) is 0. The third-order valence-electron chi connectivity index (χ3n) is 2.61. The zero-order valence-corrected chi connectivity index (χ0v) is 11.6. The Hall–Kier alpha value is -0.870. The number of methoxy groups -OCH3 is 1. The average molecular weight is 318 g/mol. The summed E-state index contributed by atoms with van der Waals surface area (Å²) in [6.07, 6.45) is 1.36. The average Bonchev–Trinajstić information content (AvgIpc) is 2.34. The van der Waals surface area contributed by atoms with E-state index >= 15 is 0 Å². The van der Waals surface area contributed by atoms with Crippen molar-refractivity contribution in [3.8, 4) is 0 Å². The van der Waals surface area contributed by atoms with Crippen LogP contribution >= 0.6 is 11.8 Å². The Morgan fingerprint density at radius 1 is 1.24 bits per heavy atom. The van der Waals surface area contributed by atoms with Gasteiger partial charge in [-0.1, -0.05) is 34.4 Å². The van der Waals surface area contributed by atoms with Crippen LogP contribution in [0.4, 0.5) is 4.39 Å². The second-order valence-corrected chi connectivity index (χ2v) is 5.34. The predicted molar refractivity (Wildman–Crippen MR) is 93.5 cm³/mol. The van der Waals surface area contributed by atoms with Crippen molar-refractivity contribution in [3.05, 3.63) is 35.6 Å². The number of Topliss-reactive ketones (excluding diaryl/α,β-unsaturated/α-hetero) is 1. The molecule has 2 nitrogen and oxygen atoms in total. The standard InChI is InChI=1S/C14H19FO2S.3CH4/c1-11(16)9-14(17-2)7-8-18-10-12-3-5-13(15)6-4-12;;;/h3-6,14H,7-10H2,1-2H3;3*1H4. The van der Waals surface area contributed by atoms with Crippen molar-refractivity contribution in [2.24, 2.45) is 0 Å². The molecule has 0 aliphatic heterocycles. The SMILES string of the molecule is C.C.C.COC(CCSCc1ccc(F)cc1)CC(C)=O. The quantitative estimate of drug-likeness (QED) is 0.604. The van der Waals surface area contributed by atoms with Gasteiger partial charge in [-0.2, -0.15) is 11.8 Å². The molecule has 1 atom stereocenters. The molecule has 0 radical (unpaired) electrons. The van der Waals surface area contributed by atoms with Gasteiger partial charge in [-0.25, -0.2) is 4.39 Å². The number of halogens is 1. The lowest BCUT2D eigenvalue weighted by atomic mass is 10.1. The molecule has 4 heteroatoms. The molecule has 21 heavy (non-hydrogen) atoms. The van der Waals surface area contributed by atoms with Crippen LogP contribution < -0.4 is 0 Å². The Morgan fingerprint density at radius 2 is 1.81 bits per heavy atom. The number of ketones is 1. The van der Waals surface area contributed by atoms with E-state index in [4.69, 9.17) is 4.74 Å². The first-order valence-corrected chi connectivity index (χ1v) is 7.11. The highest BCUT2D eigenvalue weighted by molar-refractivity contribution is 7.98. The molecule has 0 aliphatic rings. The van der Waals surface area contributed by atoms with E-state index in [0.717, 1.165) is 23.5 Å². The Balaban J connectivity index is -0.00000108. The van der Waals surface area contributed by atoms with Gasteiger partial charge in [-0.3, -0.25) is 4.79 Å². The largest absolute Gasteiger partial charge is 0.381 e.